The second kappa shape index (κ2) is 7.33. The van der Waals surface area contributed by atoms with E-state index in [0.717, 1.165) is 24.3 Å². The van der Waals surface area contributed by atoms with Gasteiger partial charge in [0.05, 0.1) is 0 Å². The van der Waals surface area contributed by atoms with Crippen LogP contribution in [0.5, 0.6) is 0 Å². The molecule has 1 aromatic carbocycles. The largest absolute Gasteiger partial charge is 0.445 e. The predicted molar refractivity (Wildman–Crippen MR) is 79.4 cm³/mol. The number of thioether (sulfide) groups is 1. The molecule has 4 nitrogen and oxygen atoms in total. The smallest absolute Gasteiger partial charge is 0.410 e. The Kier molecular flexibility index (Phi) is 5.47. The monoisotopic (exact) mass is 293 g/mol. The van der Waals surface area contributed by atoms with Gasteiger partial charge in [-0.2, -0.15) is 0 Å². The van der Waals surface area contributed by atoms with Gasteiger partial charge in [0.15, 0.2) is 5.12 Å². The van der Waals surface area contributed by atoms with Gasteiger partial charge in [-0.3, -0.25) is 4.79 Å². The summed E-state index contributed by atoms with van der Waals surface area (Å²) in [7, 11) is 0. The molecule has 1 aromatic rings. The first-order valence-corrected chi connectivity index (χ1v) is 7.72. The molecule has 1 atom stereocenters. The minimum atomic E-state index is -0.260. The molecule has 1 heterocycles. The molecule has 1 amide bonds. The van der Waals surface area contributed by atoms with E-state index in [1.807, 2.05) is 30.3 Å². The highest BCUT2D eigenvalue weighted by molar-refractivity contribution is 8.13. The van der Waals surface area contributed by atoms with Crippen molar-refractivity contribution in [3.8, 4) is 0 Å². The summed E-state index contributed by atoms with van der Waals surface area (Å²) in [4.78, 5) is 24.6. The number of hydrogen-bond acceptors (Lipinski definition) is 4. The van der Waals surface area contributed by atoms with Crippen molar-refractivity contribution in [1.82, 2.24) is 4.90 Å². The van der Waals surface area contributed by atoms with E-state index in [4.69, 9.17) is 4.74 Å². The summed E-state index contributed by atoms with van der Waals surface area (Å²) in [5.41, 5.74) is 0.990. The van der Waals surface area contributed by atoms with Crippen molar-refractivity contribution in [3.63, 3.8) is 0 Å². The Bertz CT molecular complexity index is 463. The molecule has 1 saturated heterocycles. The highest BCUT2D eigenvalue weighted by Gasteiger charge is 2.27. The molecule has 0 bridgehead atoms. The van der Waals surface area contributed by atoms with E-state index in [2.05, 4.69) is 0 Å². The van der Waals surface area contributed by atoms with Crippen LogP contribution < -0.4 is 0 Å². The number of carbonyl (C=O) groups excluding carboxylic acids is 2. The maximum absolute atomic E-state index is 11.9. The number of nitrogens with zero attached hydrogens (tertiary/aromatic N) is 1. The summed E-state index contributed by atoms with van der Waals surface area (Å²) >= 11 is 1.33. The Hall–Kier alpha value is -1.49. The second-order valence-electron chi connectivity index (χ2n) is 4.94. The first-order valence-electron chi connectivity index (χ1n) is 6.74. The average Bonchev–Trinajstić information content (AvgIpc) is 2.92. The highest BCUT2D eigenvalue weighted by atomic mass is 32.2. The van der Waals surface area contributed by atoms with Crippen molar-refractivity contribution in [2.24, 2.45) is 5.92 Å². The van der Waals surface area contributed by atoms with Crippen LogP contribution in [-0.4, -0.2) is 35.0 Å². The van der Waals surface area contributed by atoms with Crippen molar-refractivity contribution in [2.45, 2.75) is 20.0 Å². The quantitative estimate of drug-likeness (QED) is 0.856. The standard InChI is InChI=1S/C15H19NO3S/c1-12(17)20-11-14-7-8-16(9-14)15(18)19-10-13-5-3-2-4-6-13/h2-6,14H,7-11H2,1H3. The van der Waals surface area contributed by atoms with E-state index >= 15 is 0 Å². The first-order chi connectivity index (χ1) is 9.65. The third-order valence-electron chi connectivity index (χ3n) is 3.27. The number of rotatable bonds is 4. The van der Waals surface area contributed by atoms with Crippen molar-refractivity contribution in [3.05, 3.63) is 35.9 Å². The first kappa shape index (κ1) is 14.9. The minimum Gasteiger partial charge on any atom is -0.445 e. The molecule has 1 aliphatic heterocycles. The van der Waals surface area contributed by atoms with Crippen molar-refractivity contribution in [1.29, 1.82) is 0 Å². The Labute approximate surface area is 123 Å². The van der Waals surface area contributed by atoms with Gasteiger partial charge in [0.1, 0.15) is 6.61 Å². The topological polar surface area (TPSA) is 46.6 Å². The molecule has 5 heteroatoms. The number of benzene rings is 1. The number of ether oxygens (including phenoxy) is 1. The van der Waals surface area contributed by atoms with Crippen molar-refractivity contribution in [2.75, 3.05) is 18.8 Å². The molecule has 0 N–H and O–H groups in total. The molecule has 0 saturated carbocycles. The highest BCUT2D eigenvalue weighted by Crippen LogP contribution is 2.21. The van der Waals surface area contributed by atoms with Crippen molar-refractivity contribution < 1.29 is 14.3 Å². The molecule has 2 rings (SSSR count). The van der Waals surface area contributed by atoms with Gasteiger partial charge in [0.25, 0.3) is 0 Å². The normalized spacial score (nSPS) is 18.1. The Balaban J connectivity index is 1.73. The van der Waals surface area contributed by atoms with Gasteiger partial charge in [0.2, 0.25) is 0 Å². The van der Waals surface area contributed by atoms with Gasteiger partial charge < -0.3 is 9.64 Å². The summed E-state index contributed by atoms with van der Waals surface area (Å²) in [5, 5.41) is 0.134. The summed E-state index contributed by atoms with van der Waals surface area (Å²) in [6.07, 6.45) is 0.685. The van der Waals surface area contributed by atoms with Crippen LogP contribution in [0.4, 0.5) is 4.79 Å². The Morgan fingerprint density at radius 1 is 1.35 bits per heavy atom. The van der Waals surface area contributed by atoms with E-state index in [-0.39, 0.29) is 11.2 Å². The lowest BCUT2D eigenvalue weighted by Crippen LogP contribution is -2.29. The zero-order valence-corrected chi connectivity index (χ0v) is 12.4. The van der Waals surface area contributed by atoms with Gasteiger partial charge in [0, 0.05) is 25.8 Å². The van der Waals surface area contributed by atoms with Crippen LogP contribution >= 0.6 is 11.8 Å². The third-order valence-corrected chi connectivity index (χ3v) is 4.32. The fourth-order valence-corrected chi connectivity index (χ4v) is 2.92. The predicted octanol–water partition coefficient (Wildman–Crippen LogP) is 2.92. The zero-order chi connectivity index (χ0) is 14.4. The molecular formula is C15H19NO3S. The zero-order valence-electron chi connectivity index (χ0n) is 11.6. The van der Waals surface area contributed by atoms with Crippen LogP contribution in [0.25, 0.3) is 0 Å². The van der Waals surface area contributed by atoms with Crippen LogP contribution in [0.3, 0.4) is 0 Å². The van der Waals surface area contributed by atoms with E-state index in [0.29, 0.717) is 19.1 Å². The lowest BCUT2D eigenvalue weighted by atomic mass is 10.2. The van der Waals surface area contributed by atoms with E-state index in [1.54, 1.807) is 11.8 Å². The number of carbonyl (C=O) groups is 2. The van der Waals surface area contributed by atoms with Gasteiger partial charge in [-0.1, -0.05) is 42.1 Å². The van der Waals surface area contributed by atoms with E-state index in [9.17, 15) is 9.59 Å². The fourth-order valence-electron chi connectivity index (χ4n) is 2.18. The molecule has 108 valence electrons. The van der Waals surface area contributed by atoms with Crippen LogP contribution in [0.15, 0.2) is 30.3 Å². The minimum absolute atomic E-state index is 0.134. The van der Waals surface area contributed by atoms with Gasteiger partial charge in [-0.05, 0) is 17.9 Å². The summed E-state index contributed by atoms with van der Waals surface area (Å²) in [5.74, 6) is 1.19. The summed E-state index contributed by atoms with van der Waals surface area (Å²) in [6, 6.07) is 9.65. The van der Waals surface area contributed by atoms with Gasteiger partial charge >= 0.3 is 6.09 Å². The number of hydrogen-bond donors (Lipinski definition) is 0. The maximum Gasteiger partial charge on any atom is 0.410 e. The molecule has 0 spiro atoms. The number of likely N-dealkylation sites (tertiary alicyclic amines) is 1. The lowest BCUT2D eigenvalue weighted by Gasteiger charge is -2.16. The third kappa shape index (κ3) is 4.56. The van der Waals surface area contributed by atoms with Gasteiger partial charge in [-0.25, -0.2) is 4.79 Å². The molecule has 0 radical (unpaired) electrons. The maximum atomic E-state index is 11.9. The van der Waals surface area contributed by atoms with Gasteiger partial charge in [-0.15, -0.1) is 0 Å². The molecule has 20 heavy (non-hydrogen) atoms. The molecule has 0 aliphatic carbocycles. The lowest BCUT2D eigenvalue weighted by molar-refractivity contribution is -0.109. The van der Waals surface area contributed by atoms with Crippen LogP contribution in [0, 0.1) is 5.92 Å². The van der Waals surface area contributed by atoms with Crippen LogP contribution in [-0.2, 0) is 16.1 Å². The summed E-state index contributed by atoms with van der Waals surface area (Å²) < 4.78 is 5.30. The van der Waals surface area contributed by atoms with E-state index in [1.165, 1.54) is 11.8 Å². The van der Waals surface area contributed by atoms with Crippen molar-refractivity contribution >= 4 is 23.0 Å². The number of amides is 1. The molecular weight excluding hydrogens is 274 g/mol. The summed E-state index contributed by atoms with van der Waals surface area (Å²) in [6.45, 7) is 3.29. The molecule has 1 fully saturated rings. The van der Waals surface area contributed by atoms with Crippen LogP contribution in [0.2, 0.25) is 0 Å². The Morgan fingerprint density at radius 3 is 2.80 bits per heavy atom. The second-order valence-corrected chi connectivity index (χ2v) is 6.14. The van der Waals surface area contributed by atoms with Crippen LogP contribution in [0.1, 0.15) is 18.9 Å². The average molecular weight is 293 g/mol. The van der Waals surface area contributed by atoms with E-state index < -0.39 is 0 Å². The molecule has 0 aromatic heterocycles. The SMILES string of the molecule is CC(=O)SCC1CCN(C(=O)OCc2ccccc2)C1. The molecule has 1 aliphatic rings. The molecule has 1 unspecified atom stereocenters. The fraction of sp³-hybridized carbons (Fsp3) is 0.467. The Morgan fingerprint density at radius 2 is 2.10 bits per heavy atom.